The Kier molecular flexibility index (Phi) is 3.14. The van der Waals surface area contributed by atoms with Crippen molar-refractivity contribution in [1.29, 1.82) is 0 Å². The first-order valence-electron chi connectivity index (χ1n) is 6.71. The summed E-state index contributed by atoms with van der Waals surface area (Å²) in [5.74, 6) is 0.788. The number of hydrogen-bond acceptors (Lipinski definition) is 4. The van der Waals surface area contributed by atoms with E-state index >= 15 is 0 Å². The number of ether oxygens (including phenoxy) is 1. The zero-order chi connectivity index (χ0) is 14.1. The fraction of sp³-hybridized carbons (Fsp3) is 0.250. The molecule has 0 aliphatic carbocycles. The van der Waals surface area contributed by atoms with Crippen molar-refractivity contribution < 1.29 is 4.74 Å². The third-order valence-corrected chi connectivity index (χ3v) is 3.70. The summed E-state index contributed by atoms with van der Waals surface area (Å²) in [6.45, 7) is 1.91. The molecule has 0 saturated carbocycles. The molecule has 2 aromatic carbocycles. The monoisotopic (exact) mass is 269 g/mol. The number of para-hydroxylation sites is 2. The van der Waals surface area contributed by atoms with Gasteiger partial charge in [-0.05, 0) is 18.2 Å². The largest absolute Gasteiger partial charge is 0.497 e. The summed E-state index contributed by atoms with van der Waals surface area (Å²) in [5.41, 5.74) is 10.2. The molecule has 4 heteroatoms. The van der Waals surface area contributed by atoms with E-state index in [9.17, 15) is 0 Å². The molecule has 0 aromatic heterocycles. The summed E-state index contributed by atoms with van der Waals surface area (Å²) in [4.78, 5) is 4.56. The summed E-state index contributed by atoms with van der Waals surface area (Å²) in [6.07, 6.45) is 0. The second-order valence-corrected chi connectivity index (χ2v) is 5.03. The number of nitrogen functional groups attached to an aromatic ring is 1. The van der Waals surface area contributed by atoms with Crippen molar-refractivity contribution in [3.63, 3.8) is 0 Å². The van der Waals surface area contributed by atoms with Crippen LogP contribution in [0.1, 0.15) is 0 Å². The first-order chi connectivity index (χ1) is 9.69. The lowest BCUT2D eigenvalue weighted by Crippen LogP contribution is -2.36. The van der Waals surface area contributed by atoms with Crippen molar-refractivity contribution >= 4 is 22.7 Å². The average Bonchev–Trinajstić information content (AvgIpc) is 2.47. The first kappa shape index (κ1) is 12.7. The number of hydrogen-bond donors (Lipinski definition) is 1. The van der Waals surface area contributed by atoms with Gasteiger partial charge in [0.25, 0.3) is 0 Å². The van der Waals surface area contributed by atoms with Crippen LogP contribution in [-0.2, 0) is 0 Å². The van der Waals surface area contributed by atoms with Crippen LogP contribution in [-0.4, -0.2) is 27.2 Å². The van der Waals surface area contributed by atoms with E-state index in [4.69, 9.17) is 10.5 Å². The van der Waals surface area contributed by atoms with Crippen LogP contribution in [0.15, 0.2) is 42.5 Å². The van der Waals surface area contributed by atoms with E-state index in [1.165, 1.54) is 11.4 Å². The third-order valence-electron chi connectivity index (χ3n) is 3.70. The Balaban J connectivity index is 2.07. The molecule has 0 saturated heterocycles. The maximum Gasteiger partial charge on any atom is 0.122 e. The normalized spacial score (nSPS) is 14.1. The Labute approximate surface area is 119 Å². The van der Waals surface area contributed by atoms with Crippen LogP contribution in [0.2, 0.25) is 0 Å². The maximum atomic E-state index is 5.97. The van der Waals surface area contributed by atoms with E-state index < -0.39 is 0 Å². The highest BCUT2D eigenvalue weighted by atomic mass is 16.5. The lowest BCUT2D eigenvalue weighted by Gasteiger charge is -2.37. The smallest absolute Gasteiger partial charge is 0.122 e. The highest BCUT2D eigenvalue weighted by molar-refractivity contribution is 5.80. The van der Waals surface area contributed by atoms with Crippen LogP contribution in [0, 0.1) is 0 Å². The molecule has 2 aromatic rings. The molecule has 1 aliphatic heterocycles. The molecule has 1 aliphatic rings. The molecule has 1 heterocycles. The minimum absolute atomic E-state index is 0.718. The molecule has 3 rings (SSSR count). The van der Waals surface area contributed by atoms with Gasteiger partial charge in [-0.15, -0.1) is 0 Å². The van der Waals surface area contributed by atoms with Crippen LogP contribution < -0.4 is 20.3 Å². The minimum atomic E-state index is 0.718. The molecule has 20 heavy (non-hydrogen) atoms. The van der Waals surface area contributed by atoms with Gasteiger partial charge < -0.3 is 20.3 Å². The number of anilines is 4. The number of nitrogens with zero attached hydrogens (tertiary/aromatic N) is 2. The van der Waals surface area contributed by atoms with Gasteiger partial charge in [0.2, 0.25) is 0 Å². The second kappa shape index (κ2) is 4.96. The second-order valence-electron chi connectivity index (χ2n) is 5.03. The van der Waals surface area contributed by atoms with E-state index in [-0.39, 0.29) is 0 Å². The lowest BCUT2D eigenvalue weighted by atomic mass is 10.1. The molecule has 0 amide bonds. The predicted octanol–water partition coefficient (Wildman–Crippen LogP) is 2.87. The van der Waals surface area contributed by atoms with Gasteiger partial charge in [0.1, 0.15) is 5.75 Å². The standard InChI is InChI=1S/C16H19N3O/c1-18-7-8-19(16-6-4-3-5-15(16)18)13-9-12(17)10-14(11-13)20-2/h3-6,9-11H,7-8,17H2,1-2H3. The molecule has 4 nitrogen and oxygen atoms in total. The number of nitrogens with two attached hydrogens (primary N) is 1. The molecular weight excluding hydrogens is 250 g/mol. The zero-order valence-corrected chi connectivity index (χ0v) is 11.8. The van der Waals surface area contributed by atoms with E-state index in [1.807, 2.05) is 18.2 Å². The SMILES string of the molecule is COc1cc(N)cc(N2CCN(C)c3ccccc32)c1. The van der Waals surface area contributed by atoms with Gasteiger partial charge in [-0.1, -0.05) is 12.1 Å². The van der Waals surface area contributed by atoms with Crippen LogP contribution in [0.25, 0.3) is 0 Å². The van der Waals surface area contributed by atoms with Gasteiger partial charge in [0, 0.05) is 43.6 Å². The Bertz CT molecular complexity index is 627. The van der Waals surface area contributed by atoms with Crippen molar-refractivity contribution in [2.45, 2.75) is 0 Å². The van der Waals surface area contributed by atoms with Gasteiger partial charge >= 0.3 is 0 Å². The van der Waals surface area contributed by atoms with Crippen molar-refractivity contribution in [2.75, 3.05) is 42.8 Å². The topological polar surface area (TPSA) is 41.7 Å². The summed E-state index contributed by atoms with van der Waals surface area (Å²) < 4.78 is 5.32. The van der Waals surface area contributed by atoms with Crippen molar-refractivity contribution in [1.82, 2.24) is 0 Å². The number of methoxy groups -OCH3 is 1. The number of benzene rings is 2. The molecule has 104 valence electrons. The van der Waals surface area contributed by atoms with Crippen LogP contribution in [0.3, 0.4) is 0 Å². The Morgan fingerprint density at radius 2 is 1.80 bits per heavy atom. The molecule has 0 radical (unpaired) electrons. The summed E-state index contributed by atoms with van der Waals surface area (Å²) in [5, 5.41) is 0. The van der Waals surface area contributed by atoms with Crippen molar-refractivity contribution in [3.8, 4) is 5.75 Å². The molecule has 0 bridgehead atoms. The lowest BCUT2D eigenvalue weighted by molar-refractivity contribution is 0.415. The third kappa shape index (κ3) is 2.13. The average molecular weight is 269 g/mol. The fourth-order valence-corrected chi connectivity index (χ4v) is 2.65. The molecule has 2 N–H and O–H groups in total. The van der Waals surface area contributed by atoms with E-state index in [2.05, 4.69) is 41.1 Å². The van der Waals surface area contributed by atoms with Crippen LogP contribution in [0.5, 0.6) is 5.75 Å². The van der Waals surface area contributed by atoms with Crippen LogP contribution in [0.4, 0.5) is 22.7 Å². The molecule has 0 atom stereocenters. The summed E-state index contributed by atoms with van der Waals surface area (Å²) >= 11 is 0. The van der Waals surface area contributed by atoms with Gasteiger partial charge in [-0.25, -0.2) is 0 Å². The molecular formula is C16H19N3O. The summed E-state index contributed by atoms with van der Waals surface area (Å²) in [7, 11) is 3.78. The maximum absolute atomic E-state index is 5.97. The Morgan fingerprint density at radius 1 is 1.05 bits per heavy atom. The van der Waals surface area contributed by atoms with Gasteiger partial charge in [0.15, 0.2) is 0 Å². The number of likely N-dealkylation sites (N-methyl/N-ethyl adjacent to an activating group) is 1. The van der Waals surface area contributed by atoms with Gasteiger partial charge in [-0.3, -0.25) is 0 Å². The zero-order valence-electron chi connectivity index (χ0n) is 11.8. The molecule has 0 spiro atoms. The van der Waals surface area contributed by atoms with Gasteiger partial charge in [0.05, 0.1) is 18.5 Å². The fourth-order valence-electron chi connectivity index (χ4n) is 2.65. The highest BCUT2D eigenvalue weighted by Crippen LogP contribution is 2.38. The van der Waals surface area contributed by atoms with E-state index in [0.717, 1.165) is 30.2 Å². The Morgan fingerprint density at radius 3 is 2.55 bits per heavy atom. The Hall–Kier alpha value is -2.36. The number of fused-ring (bicyclic) bond motifs is 1. The van der Waals surface area contributed by atoms with E-state index in [1.54, 1.807) is 7.11 Å². The van der Waals surface area contributed by atoms with Crippen molar-refractivity contribution in [2.24, 2.45) is 0 Å². The predicted molar refractivity (Wildman–Crippen MR) is 84.1 cm³/mol. The van der Waals surface area contributed by atoms with Crippen molar-refractivity contribution in [3.05, 3.63) is 42.5 Å². The quantitative estimate of drug-likeness (QED) is 0.851. The minimum Gasteiger partial charge on any atom is -0.497 e. The molecule has 0 unspecified atom stereocenters. The number of rotatable bonds is 2. The van der Waals surface area contributed by atoms with E-state index in [0.29, 0.717) is 0 Å². The van der Waals surface area contributed by atoms with Crippen LogP contribution >= 0.6 is 0 Å². The molecule has 0 fully saturated rings. The highest BCUT2D eigenvalue weighted by Gasteiger charge is 2.21. The first-order valence-corrected chi connectivity index (χ1v) is 6.71. The van der Waals surface area contributed by atoms with Gasteiger partial charge in [-0.2, -0.15) is 0 Å². The summed E-state index contributed by atoms with van der Waals surface area (Å²) in [6, 6.07) is 14.3.